The average Bonchev–Trinajstić information content (AvgIpc) is 2.81. The van der Waals surface area contributed by atoms with Gasteiger partial charge in [0, 0.05) is 0 Å². The van der Waals surface area contributed by atoms with Crippen molar-refractivity contribution in [3.05, 3.63) is 66.2 Å². The van der Waals surface area contributed by atoms with Crippen molar-refractivity contribution in [2.75, 3.05) is 6.54 Å². The van der Waals surface area contributed by atoms with Crippen LogP contribution in [0, 0.1) is 0 Å². The molecule has 2 heteroatoms. The summed E-state index contributed by atoms with van der Waals surface area (Å²) in [7, 11) is 0. The predicted octanol–water partition coefficient (Wildman–Crippen LogP) is 3.10. The predicted molar refractivity (Wildman–Crippen MR) is 86.5 cm³/mol. The molecule has 1 saturated heterocycles. The van der Waals surface area contributed by atoms with Crippen molar-refractivity contribution in [3.63, 3.8) is 0 Å². The standard InChI is InChI=1S/C18H21NSe/c1-15-12-18(20-17-10-6-3-7-11-17)14-19(15)13-16-8-4-2-5-9-16/h2-11,15,18H,12-14H2,1H3/t15-,18+/m0/s1. The summed E-state index contributed by atoms with van der Waals surface area (Å²) >= 11 is 0.612. The van der Waals surface area contributed by atoms with Crippen LogP contribution in [0.25, 0.3) is 0 Å². The monoisotopic (exact) mass is 331 g/mol. The first kappa shape index (κ1) is 13.9. The molecule has 0 saturated carbocycles. The van der Waals surface area contributed by atoms with Gasteiger partial charge in [0.15, 0.2) is 0 Å². The number of nitrogens with zero attached hydrogens (tertiary/aromatic N) is 1. The number of hydrogen-bond donors (Lipinski definition) is 0. The minimum absolute atomic E-state index is 0.612. The second-order valence-electron chi connectivity index (χ2n) is 5.55. The summed E-state index contributed by atoms with van der Waals surface area (Å²) < 4.78 is 1.54. The maximum atomic E-state index is 2.64. The van der Waals surface area contributed by atoms with Crippen molar-refractivity contribution in [1.82, 2.24) is 4.90 Å². The average molecular weight is 330 g/mol. The molecule has 0 radical (unpaired) electrons. The Kier molecular flexibility index (Phi) is 4.57. The zero-order valence-electron chi connectivity index (χ0n) is 11.9. The van der Waals surface area contributed by atoms with Crippen molar-refractivity contribution in [2.45, 2.75) is 30.7 Å². The zero-order valence-corrected chi connectivity index (χ0v) is 13.6. The van der Waals surface area contributed by atoms with Crippen LogP contribution in [0.2, 0.25) is 4.82 Å². The summed E-state index contributed by atoms with van der Waals surface area (Å²) in [6.07, 6.45) is 1.35. The van der Waals surface area contributed by atoms with E-state index in [1.165, 1.54) is 18.5 Å². The normalized spacial score (nSPS) is 23.1. The molecular formula is C18H21NSe. The van der Waals surface area contributed by atoms with Crippen LogP contribution in [0.5, 0.6) is 0 Å². The molecule has 0 unspecified atom stereocenters. The molecular weight excluding hydrogens is 309 g/mol. The van der Waals surface area contributed by atoms with Crippen LogP contribution in [-0.4, -0.2) is 32.4 Å². The second kappa shape index (κ2) is 6.58. The quantitative estimate of drug-likeness (QED) is 0.779. The Balaban J connectivity index is 1.59. The van der Waals surface area contributed by atoms with Gasteiger partial charge in [-0.15, -0.1) is 0 Å². The molecule has 0 aliphatic carbocycles. The Morgan fingerprint density at radius 2 is 1.65 bits per heavy atom. The van der Waals surface area contributed by atoms with Crippen LogP contribution in [0.4, 0.5) is 0 Å². The SMILES string of the molecule is C[C@H]1C[C@@H]([Se]c2ccccc2)CN1Cc1ccccc1. The summed E-state index contributed by atoms with van der Waals surface area (Å²) in [5.41, 5.74) is 1.44. The summed E-state index contributed by atoms with van der Waals surface area (Å²) in [6, 6.07) is 22.6. The van der Waals surface area contributed by atoms with Crippen molar-refractivity contribution in [3.8, 4) is 0 Å². The van der Waals surface area contributed by atoms with Gasteiger partial charge in [-0.05, 0) is 0 Å². The molecule has 0 N–H and O–H groups in total. The summed E-state index contributed by atoms with van der Waals surface area (Å²) in [5.74, 6) is 0. The van der Waals surface area contributed by atoms with E-state index in [1.54, 1.807) is 4.46 Å². The third-order valence-electron chi connectivity index (χ3n) is 3.94. The van der Waals surface area contributed by atoms with E-state index < -0.39 is 0 Å². The number of benzene rings is 2. The number of rotatable bonds is 4. The molecule has 1 heterocycles. The Hall–Kier alpha value is -1.08. The molecule has 0 spiro atoms. The zero-order chi connectivity index (χ0) is 13.8. The summed E-state index contributed by atoms with van der Waals surface area (Å²) in [5, 5.41) is 0. The molecule has 104 valence electrons. The molecule has 3 rings (SSSR count). The van der Waals surface area contributed by atoms with Gasteiger partial charge < -0.3 is 0 Å². The van der Waals surface area contributed by atoms with Crippen molar-refractivity contribution in [2.24, 2.45) is 0 Å². The fourth-order valence-electron chi connectivity index (χ4n) is 2.86. The van der Waals surface area contributed by atoms with Gasteiger partial charge in [0.25, 0.3) is 0 Å². The van der Waals surface area contributed by atoms with Crippen LogP contribution in [0.15, 0.2) is 60.7 Å². The fraction of sp³-hybridized carbons (Fsp3) is 0.333. The molecule has 1 nitrogen and oxygen atoms in total. The van der Waals surface area contributed by atoms with Gasteiger partial charge in [-0.1, -0.05) is 0 Å². The second-order valence-corrected chi connectivity index (χ2v) is 8.43. The third kappa shape index (κ3) is 3.52. The molecule has 0 aromatic heterocycles. The number of likely N-dealkylation sites (tertiary alicyclic amines) is 1. The van der Waals surface area contributed by atoms with Crippen LogP contribution in [0.3, 0.4) is 0 Å². The summed E-state index contributed by atoms with van der Waals surface area (Å²) in [4.78, 5) is 3.51. The van der Waals surface area contributed by atoms with E-state index in [9.17, 15) is 0 Å². The van der Waals surface area contributed by atoms with E-state index >= 15 is 0 Å². The van der Waals surface area contributed by atoms with Crippen LogP contribution >= 0.6 is 0 Å². The molecule has 1 fully saturated rings. The van der Waals surface area contributed by atoms with Crippen molar-refractivity contribution < 1.29 is 0 Å². The van der Waals surface area contributed by atoms with Gasteiger partial charge in [-0.25, -0.2) is 0 Å². The van der Waals surface area contributed by atoms with E-state index in [1.807, 2.05) is 0 Å². The van der Waals surface area contributed by atoms with Gasteiger partial charge >= 0.3 is 128 Å². The Morgan fingerprint density at radius 3 is 2.35 bits per heavy atom. The molecule has 2 atom stereocenters. The van der Waals surface area contributed by atoms with E-state index in [0.717, 1.165) is 11.4 Å². The molecule has 20 heavy (non-hydrogen) atoms. The first-order valence-electron chi connectivity index (χ1n) is 7.31. The Bertz CT molecular complexity index is 526. The van der Waals surface area contributed by atoms with Gasteiger partial charge in [0.2, 0.25) is 0 Å². The maximum absolute atomic E-state index is 2.64. The molecule has 2 aromatic carbocycles. The number of hydrogen-bond acceptors (Lipinski definition) is 1. The molecule has 0 bridgehead atoms. The Morgan fingerprint density at radius 1 is 1.00 bits per heavy atom. The summed E-state index contributed by atoms with van der Waals surface area (Å²) in [6.45, 7) is 4.73. The van der Waals surface area contributed by atoms with Crippen LogP contribution in [0.1, 0.15) is 18.9 Å². The first-order chi connectivity index (χ1) is 9.81. The van der Waals surface area contributed by atoms with Crippen molar-refractivity contribution in [1.29, 1.82) is 0 Å². The van der Waals surface area contributed by atoms with E-state index in [0.29, 0.717) is 21.0 Å². The van der Waals surface area contributed by atoms with E-state index in [4.69, 9.17) is 0 Å². The minimum atomic E-state index is 0.612. The van der Waals surface area contributed by atoms with E-state index in [2.05, 4.69) is 72.5 Å². The van der Waals surface area contributed by atoms with Gasteiger partial charge in [-0.2, -0.15) is 0 Å². The third-order valence-corrected chi connectivity index (χ3v) is 6.50. The van der Waals surface area contributed by atoms with Gasteiger partial charge in [-0.3, -0.25) is 0 Å². The van der Waals surface area contributed by atoms with Gasteiger partial charge in [0.05, 0.1) is 0 Å². The molecule has 0 amide bonds. The molecule has 2 aromatic rings. The van der Waals surface area contributed by atoms with Crippen molar-refractivity contribution >= 4 is 19.4 Å². The first-order valence-corrected chi connectivity index (χ1v) is 9.15. The van der Waals surface area contributed by atoms with E-state index in [-0.39, 0.29) is 0 Å². The topological polar surface area (TPSA) is 3.24 Å². The molecule has 1 aliphatic heterocycles. The Labute approximate surface area is 128 Å². The fourth-order valence-corrected chi connectivity index (χ4v) is 5.67. The van der Waals surface area contributed by atoms with Gasteiger partial charge in [0.1, 0.15) is 0 Å². The molecule has 1 aliphatic rings. The van der Waals surface area contributed by atoms with Crippen LogP contribution < -0.4 is 4.46 Å². The van der Waals surface area contributed by atoms with Crippen LogP contribution in [-0.2, 0) is 6.54 Å².